The molecule has 18 heavy (non-hydrogen) atoms. The van der Waals surface area contributed by atoms with Crippen molar-refractivity contribution >= 4 is 17.3 Å². The Bertz CT molecular complexity index is 426. The number of nitrogens with zero attached hydrogens (tertiary/aromatic N) is 1. The molecule has 0 aliphatic carbocycles. The molecule has 2 atom stereocenters. The normalized spacial score (nSPS) is 14.0. The zero-order valence-corrected chi connectivity index (χ0v) is 10.5. The average molecular weight is 276 g/mol. The first kappa shape index (κ1) is 14.7. The molecule has 0 aromatic heterocycles. The highest BCUT2D eigenvalue weighted by molar-refractivity contribution is 6.17. The van der Waals surface area contributed by atoms with E-state index in [0.29, 0.717) is 0 Å². The molecule has 1 aromatic rings. The second-order valence-corrected chi connectivity index (χ2v) is 4.06. The molecule has 0 fully saturated rings. The van der Waals surface area contributed by atoms with Gasteiger partial charge in [-0.25, -0.2) is 0 Å². The Kier molecular flexibility index (Phi) is 5.33. The van der Waals surface area contributed by atoms with Crippen molar-refractivity contribution in [3.05, 3.63) is 33.9 Å². The Morgan fingerprint density at radius 1 is 1.50 bits per heavy atom. The second kappa shape index (κ2) is 6.53. The van der Waals surface area contributed by atoms with Crippen molar-refractivity contribution in [2.45, 2.75) is 18.6 Å². The van der Waals surface area contributed by atoms with Gasteiger partial charge >= 0.3 is 5.69 Å². The topological polar surface area (TPSA) is 92.8 Å². The summed E-state index contributed by atoms with van der Waals surface area (Å²) >= 11 is 5.46. The molecule has 1 aromatic carbocycles. The maximum atomic E-state index is 10.8. The number of nitro groups is 1. The van der Waals surface area contributed by atoms with E-state index >= 15 is 0 Å². The summed E-state index contributed by atoms with van der Waals surface area (Å²) in [5, 5.41) is 30.2. The van der Waals surface area contributed by atoms with Gasteiger partial charge in [0.25, 0.3) is 0 Å². The van der Waals surface area contributed by atoms with Gasteiger partial charge in [-0.15, -0.1) is 11.6 Å². The fraction of sp³-hybridized carbons (Fsp3) is 0.455. The van der Waals surface area contributed by atoms with Gasteiger partial charge in [-0.2, -0.15) is 0 Å². The maximum absolute atomic E-state index is 10.8. The summed E-state index contributed by atoms with van der Waals surface area (Å²) in [5.41, 5.74) is -0.00719. The number of halogens is 1. The van der Waals surface area contributed by atoms with Crippen LogP contribution in [0.25, 0.3) is 0 Å². The van der Waals surface area contributed by atoms with Gasteiger partial charge in [0.2, 0.25) is 0 Å². The Balaban J connectivity index is 3.04. The summed E-state index contributed by atoms with van der Waals surface area (Å²) in [6.45, 7) is 0. The smallest absolute Gasteiger partial charge is 0.311 e. The molecule has 2 unspecified atom stereocenters. The Morgan fingerprint density at radius 3 is 2.67 bits per heavy atom. The number of hydrogen-bond acceptors (Lipinski definition) is 5. The van der Waals surface area contributed by atoms with Crippen molar-refractivity contribution in [1.82, 2.24) is 0 Å². The molecule has 0 bridgehead atoms. The van der Waals surface area contributed by atoms with Crippen LogP contribution >= 0.6 is 11.6 Å². The van der Waals surface area contributed by atoms with Gasteiger partial charge in [0, 0.05) is 11.9 Å². The molecule has 0 aliphatic rings. The van der Waals surface area contributed by atoms with Crippen LogP contribution in [0.2, 0.25) is 0 Å². The highest BCUT2D eigenvalue weighted by Crippen LogP contribution is 2.31. The fourth-order valence-corrected chi connectivity index (χ4v) is 1.75. The minimum atomic E-state index is -1.21. The van der Waals surface area contributed by atoms with E-state index in [-0.39, 0.29) is 29.3 Å². The van der Waals surface area contributed by atoms with E-state index in [1.54, 1.807) is 0 Å². The third-order valence-corrected chi connectivity index (χ3v) is 2.73. The van der Waals surface area contributed by atoms with Crippen LogP contribution in [-0.2, 0) is 0 Å². The first-order valence-corrected chi connectivity index (χ1v) is 5.79. The summed E-state index contributed by atoms with van der Waals surface area (Å²) in [5.74, 6) is 0.291. The van der Waals surface area contributed by atoms with Gasteiger partial charge in [-0.1, -0.05) is 6.07 Å². The Morgan fingerprint density at radius 2 is 2.17 bits per heavy atom. The molecule has 6 nitrogen and oxygen atoms in total. The van der Waals surface area contributed by atoms with Crippen LogP contribution in [0.1, 0.15) is 18.1 Å². The number of aliphatic hydroxyl groups is 2. The predicted octanol–water partition coefficient (Wildman–Crippen LogP) is 1.63. The number of aliphatic hydroxyl groups excluding tert-OH is 2. The molecular weight excluding hydrogens is 262 g/mol. The molecule has 0 saturated carbocycles. The van der Waals surface area contributed by atoms with Crippen LogP contribution in [0.4, 0.5) is 5.69 Å². The number of ether oxygens (including phenoxy) is 1. The number of alkyl halides is 1. The van der Waals surface area contributed by atoms with Gasteiger partial charge < -0.3 is 14.9 Å². The quantitative estimate of drug-likeness (QED) is 0.467. The molecule has 0 radical (unpaired) electrons. The summed E-state index contributed by atoms with van der Waals surface area (Å²) in [4.78, 5) is 10.2. The van der Waals surface area contributed by atoms with Crippen LogP contribution < -0.4 is 4.74 Å². The number of rotatable bonds is 6. The lowest BCUT2D eigenvalue weighted by atomic mass is 10.0. The maximum Gasteiger partial charge on any atom is 0.311 e. The summed E-state index contributed by atoms with van der Waals surface area (Å²) < 4.78 is 4.84. The van der Waals surface area contributed by atoms with Crippen LogP contribution in [0, 0.1) is 10.1 Å². The molecule has 100 valence electrons. The lowest BCUT2D eigenvalue weighted by Gasteiger charge is -2.17. The fourth-order valence-electron chi connectivity index (χ4n) is 1.53. The first-order chi connectivity index (χ1) is 8.51. The van der Waals surface area contributed by atoms with E-state index in [0.717, 1.165) is 0 Å². The van der Waals surface area contributed by atoms with Crippen LogP contribution in [0.3, 0.4) is 0 Å². The number of hydrogen-bond donors (Lipinski definition) is 2. The molecule has 0 spiro atoms. The highest BCUT2D eigenvalue weighted by Gasteiger charge is 2.22. The standard InChI is InChI=1S/C11H14ClNO5/c1-18-10-3-2-7(6-8(10)13(16)17)11(15)9(14)4-5-12/h2-3,6,9,11,14-15H,4-5H2,1H3. The molecule has 0 aliphatic heterocycles. The van der Waals surface area contributed by atoms with Gasteiger partial charge in [0.05, 0.1) is 18.1 Å². The zero-order chi connectivity index (χ0) is 13.7. The summed E-state index contributed by atoms with van der Waals surface area (Å²) in [7, 11) is 1.32. The molecular formula is C11H14ClNO5. The van der Waals surface area contributed by atoms with Gasteiger partial charge in [0.15, 0.2) is 5.75 Å². The summed E-state index contributed by atoms with van der Waals surface area (Å²) in [6, 6.07) is 4.03. The SMILES string of the molecule is COc1ccc(C(O)C(O)CCCl)cc1[N+](=O)[O-]. The molecule has 2 N–H and O–H groups in total. The highest BCUT2D eigenvalue weighted by atomic mass is 35.5. The third kappa shape index (κ3) is 3.32. The van der Waals surface area contributed by atoms with Crippen LogP contribution in [0.15, 0.2) is 18.2 Å². The van der Waals surface area contributed by atoms with Crippen molar-refractivity contribution in [1.29, 1.82) is 0 Å². The van der Waals surface area contributed by atoms with E-state index in [1.165, 1.54) is 25.3 Å². The van der Waals surface area contributed by atoms with Crippen molar-refractivity contribution in [2.75, 3.05) is 13.0 Å². The number of nitro benzene ring substituents is 1. The molecule has 7 heteroatoms. The van der Waals surface area contributed by atoms with Gasteiger partial charge in [-0.05, 0) is 18.1 Å². The van der Waals surface area contributed by atoms with Crippen molar-refractivity contribution in [3.63, 3.8) is 0 Å². The lowest BCUT2D eigenvalue weighted by Crippen LogP contribution is -2.18. The van der Waals surface area contributed by atoms with E-state index in [1.807, 2.05) is 0 Å². The minimum Gasteiger partial charge on any atom is -0.490 e. The van der Waals surface area contributed by atoms with Crippen molar-refractivity contribution in [3.8, 4) is 5.75 Å². The molecule has 0 amide bonds. The monoisotopic (exact) mass is 275 g/mol. The first-order valence-electron chi connectivity index (χ1n) is 5.25. The van der Waals surface area contributed by atoms with E-state index in [9.17, 15) is 20.3 Å². The van der Waals surface area contributed by atoms with Crippen LogP contribution in [-0.4, -0.2) is 34.2 Å². The van der Waals surface area contributed by atoms with Gasteiger partial charge in [0.1, 0.15) is 6.10 Å². The van der Waals surface area contributed by atoms with E-state index in [2.05, 4.69) is 0 Å². The Labute approximate surface area is 109 Å². The van der Waals surface area contributed by atoms with Gasteiger partial charge in [-0.3, -0.25) is 10.1 Å². The molecule has 0 saturated heterocycles. The zero-order valence-electron chi connectivity index (χ0n) is 9.75. The summed E-state index contributed by atoms with van der Waals surface area (Å²) in [6.07, 6.45) is -2.08. The molecule has 1 rings (SSSR count). The van der Waals surface area contributed by atoms with Crippen molar-refractivity contribution < 1.29 is 19.9 Å². The third-order valence-electron chi connectivity index (χ3n) is 2.51. The lowest BCUT2D eigenvalue weighted by molar-refractivity contribution is -0.385. The van der Waals surface area contributed by atoms with E-state index < -0.39 is 17.1 Å². The van der Waals surface area contributed by atoms with Crippen molar-refractivity contribution in [2.24, 2.45) is 0 Å². The van der Waals surface area contributed by atoms with Crippen LogP contribution in [0.5, 0.6) is 5.75 Å². The largest absolute Gasteiger partial charge is 0.490 e. The predicted molar refractivity (Wildman–Crippen MR) is 66.0 cm³/mol. The number of methoxy groups -OCH3 is 1. The molecule has 0 heterocycles. The minimum absolute atomic E-state index is 0.0998. The number of benzene rings is 1. The van der Waals surface area contributed by atoms with E-state index in [4.69, 9.17) is 16.3 Å². The second-order valence-electron chi connectivity index (χ2n) is 3.68. The Hall–Kier alpha value is -1.37. The average Bonchev–Trinajstić information content (AvgIpc) is 2.37.